The lowest BCUT2D eigenvalue weighted by Gasteiger charge is -2.20. The van der Waals surface area contributed by atoms with Gasteiger partial charge >= 0.3 is 0 Å². The average Bonchev–Trinajstić information content (AvgIpc) is 3.01. The quantitative estimate of drug-likeness (QED) is 0.715. The third-order valence-electron chi connectivity index (χ3n) is 3.70. The first kappa shape index (κ1) is 14.1. The van der Waals surface area contributed by atoms with Gasteiger partial charge in [0, 0.05) is 17.2 Å². The van der Waals surface area contributed by atoms with Crippen LogP contribution in [0, 0.1) is 5.82 Å². The van der Waals surface area contributed by atoms with Crippen LogP contribution in [0.2, 0.25) is 0 Å². The minimum absolute atomic E-state index is 0.0430. The molecule has 2 aromatic carbocycles. The first-order valence-electron chi connectivity index (χ1n) is 7.18. The molecule has 23 heavy (non-hydrogen) atoms. The first-order valence-corrected chi connectivity index (χ1v) is 8.06. The number of hydrogen-bond donors (Lipinski definition) is 0. The van der Waals surface area contributed by atoms with E-state index in [0.717, 1.165) is 5.56 Å². The third-order valence-corrected chi connectivity index (χ3v) is 4.89. The van der Waals surface area contributed by atoms with E-state index in [9.17, 15) is 9.18 Å². The van der Waals surface area contributed by atoms with E-state index in [1.165, 1.54) is 28.6 Å². The Labute approximate surface area is 136 Å². The molecule has 114 valence electrons. The van der Waals surface area contributed by atoms with Gasteiger partial charge in [0.2, 0.25) is 0 Å². The van der Waals surface area contributed by atoms with Crippen molar-refractivity contribution in [3.05, 3.63) is 66.0 Å². The van der Waals surface area contributed by atoms with Gasteiger partial charge in [0.15, 0.2) is 11.0 Å². The van der Waals surface area contributed by atoms with Crippen molar-refractivity contribution in [3.8, 4) is 11.4 Å². The van der Waals surface area contributed by atoms with Crippen molar-refractivity contribution in [3.63, 3.8) is 0 Å². The summed E-state index contributed by atoms with van der Waals surface area (Å²) in [6, 6.07) is 15.8. The van der Waals surface area contributed by atoms with Crippen LogP contribution in [-0.2, 0) is 0 Å². The largest absolute Gasteiger partial charge is 0.272 e. The molecule has 0 radical (unpaired) electrons. The molecule has 0 spiro atoms. The monoisotopic (exact) mass is 325 g/mol. The Bertz CT molecular complexity index is 861. The molecule has 0 saturated carbocycles. The van der Waals surface area contributed by atoms with Gasteiger partial charge in [-0.1, -0.05) is 42.1 Å². The van der Waals surface area contributed by atoms with E-state index >= 15 is 0 Å². The smallest absolute Gasteiger partial charge is 0.250 e. The molecule has 0 N–H and O–H groups in total. The normalized spacial score (nSPS) is 17.1. The Morgan fingerprint density at radius 1 is 1.09 bits per heavy atom. The van der Waals surface area contributed by atoms with Crippen LogP contribution >= 0.6 is 11.8 Å². The second kappa shape index (κ2) is 5.62. The lowest BCUT2D eigenvalue weighted by molar-refractivity contribution is 0.0868. The fraction of sp³-hybridized carbons (Fsp3) is 0.118. The Balaban J connectivity index is 1.68. The molecule has 0 saturated heterocycles. The van der Waals surface area contributed by atoms with E-state index < -0.39 is 0 Å². The van der Waals surface area contributed by atoms with Gasteiger partial charge in [0.1, 0.15) is 5.82 Å². The zero-order valence-electron chi connectivity index (χ0n) is 12.0. The van der Waals surface area contributed by atoms with Crippen LogP contribution in [0.1, 0.15) is 22.0 Å². The molecule has 2 heterocycles. The molecular weight excluding hydrogens is 313 g/mol. The number of rotatable bonds is 2. The summed E-state index contributed by atoms with van der Waals surface area (Å²) < 4.78 is 14.4. The van der Waals surface area contributed by atoms with Gasteiger partial charge in [-0.2, -0.15) is 4.68 Å². The minimum atomic E-state index is -0.313. The van der Waals surface area contributed by atoms with Crippen LogP contribution in [0.15, 0.2) is 59.8 Å². The van der Waals surface area contributed by atoms with Crippen LogP contribution in [-0.4, -0.2) is 20.7 Å². The van der Waals surface area contributed by atoms with Gasteiger partial charge in [0.05, 0.1) is 0 Å². The number of halogens is 1. The van der Waals surface area contributed by atoms with E-state index in [2.05, 4.69) is 10.1 Å². The molecule has 0 fully saturated rings. The van der Waals surface area contributed by atoms with E-state index in [1.807, 2.05) is 30.3 Å². The standard InChI is InChI=1S/C17H12FN3OS/c18-13-8-6-12(7-9-13)16-19-17-21(20-16)15(22)10-14(23-17)11-4-2-1-3-5-11/h1-9,14H,10H2. The molecule has 4 rings (SSSR count). The number of thioether (sulfide) groups is 1. The number of carbonyl (C=O) groups is 1. The maximum atomic E-state index is 13.0. The molecule has 1 aromatic heterocycles. The van der Waals surface area contributed by atoms with Crippen LogP contribution in [0.4, 0.5) is 4.39 Å². The summed E-state index contributed by atoms with van der Waals surface area (Å²) in [6.45, 7) is 0. The number of carbonyl (C=O) groups excluding carboxylic acids is 1. The van der Waals surface area contributed by atoms with Crippen LogP contribution < -0.4 is 0 Å². The zero-order valence-corrected chi connectivity index (χ0v) is 12.8. The van der Waals surface area contributed by atoms with Gasteiger partial charge in [0.25, 0.3) is 5.91 Å². The lowest BCUT2D eigenvalue weighted by atomic mass is 10.1. The van der Waals surface area contributed by atoms with Gasteiger partial charge in [-0.05, 0) is 29.8 Å². The molecule has 3 aromatic rings. The highest BCUT2D eigenvalue weighted by Crippen LogP contribution is 2.41. The van der Waals surface area contributed by atoms with Crippen molar-refractivity contribution < 1.29 is 9.18 Å². The van der Waals surface area contributed by atoms with Crippen molar-refractivity contribution in [2.75, 3.05) is 0 Å². The minimum Gasteiger partial charge on any atom is -0.272 e. The lowest BCUT2D eigenvalue weighted by Crippen LogP contribution is -2.20. The second-order valence-electron chi connectivity index (χ2n) is 5.25. The highest BCUT2D eigenvalue weighted by atomic mass is 32.2. The van der Waals surface area contributed by atoms with Crippen LogP contribution in [0.3, 0.4) is 0 Å². The molecular formula is C17H12FN3OS. The summed E-state index contributed by atoms with van der Waals surface area (Å²) in [7, 11) is 0. The predicted molar refractivity (Wildman–Crippen MR) is 85.7 cm³/mol. The molecule has 1 unspecified atom stereocenters. The number of nitrogens with zero attached hydrogens (tertiary/aromatic N) is 3. The average molecular weight is 325 g/mol. The fourth-order valence-electron chi connectivity index (χ4n) is 2.53. The van der Waals surface area contributed by atoms with E-state index in [0.29, 0.717) is 23.0 Å². The van der Waals surface area contributed by atoms with Crippen molar-refractivity contribution in [2.45, 2.75) is 16.8 Å². The Morgan fingerprint density at radius 2 is 1.83 bits per heavy atom. The molecule has 0 bridgehead atoms. The molecule has 1 aliphatic rings. The summed E-state index contributed by atoms with van der Waals surface area (Å²) in [5.74, 6) is 0.0512. The van der Waals surface area contributed by atoms with Gasteiger partial charge in [-0.25, -0.2) is 9.37 Å². The number of aromatic nitrogens is 3. The molecule has 1 aliphatic heterocycles. The number of benzene rings is 2. The van der Waals surface area contributed by atoms with Crippen molar-refractivity contribution in [2.24, 2.45) is 0 Å². The summed E-state index contributed by atoms with van der Waals surface area (Å²) in [5, 5.41) is 4.89. The van der Waals surface area contributed by atoms with Crippen molar-refractivity contribution in [1.82, 2.24) is 14.8 Å². The second-order valence-corrected chi connectivity index (χ2v) is 6.42. The van der Waals surface area contributed by atoms with Crippen LogP contribution in [0.25, 0.3) is 11.4 Å². The van der Waals surface area contributed by atoms with Crippen molar-refractivity contribution in [1.29, 1.82) is 0 Å². The first-order chi connectivity index (χ1) is 11.2. The van der Waals surface area contributed by atoms with E-state index in [1.54, 1.807) is 12.1 Å². The van der Waals surface area contributed by atoms with Crippen molar-refractivity contribution >= 4 is 17.7 Å². The predicted octanol–water partition coefficient (Wildman–Crippen LogP) is 3.96. The summed E-state index contributed by atoms with van der Waals surface area (Å²) in [5.41, 5.74) is 1.79. The molecule has 1 atom stereocenters. The van der Waals surface area contributed by atoms with Gasteiger partial charge in [-0.3, -0.25) is 4.79 Å². The highest BCUT2D eigenvalue weighted by molar-refractivity contribution is 7.99. The number of hydrogen-bond acceptors (Lipinski definition) is 4. The molecule has 0 amide bonds. The van der Waals surface area contributed by atoms with E-state index in [4.69, 9.17) is 0 Å². The summed E-state index contributed by atoms with van der Waals surface area (Å²) in [6.07, 6.45) is 0.383. The molecule has 4 nitrogen and oxygen atoms in total. The van der Waals surface area contributed by atoms with Crippen LogP contribution in [0.5, 0.6) is 0 Å². The molecule has 6 heteroatoms. The van der Waals surface area contributed by atoms with Gasteiger partial charge < -0.3 is 0 Å². The molecule has 0 aliphatic carbocycles. The maximum Gasteiger partial charge on any atom is 0.250 e. The highest BCUT2D eigenvalue weighted by Gasteiger charge is 2.30. The van der Waals surface area contributed by atoms with Gasteiger partial charge in [-0.15, -0.1) is 5.10 Å². The number of fused-ring (bicyclic) bond motifs is 1. The fourth-order valence-corrected chi connectivity index (χ4v) is 3.68. The Morgan fingerprint density at radius 3 is 2.57 bits per heavy atom. The Hall–Kier alpha value is -2.47. The Kier molecular flexibility index (Phi) is 3.46. The zero-order chi connectivity index (χ0) is 15.8. The SMILES string of the molecule is O=C1CC(c2ccccc2)Sc2nc(-c3ccc(F)cc3)nn21. The van der Waals surface area contributed by atoms with E-state index in [-0.39, 0.29) is 17.0 Å². The summed E-state index contributed by atoms with van der Waals surface area (Å²) in [4.78, 5) is 16.8. The maximum absolute atomic E-state index is 13.0. The third kappa shape index (κ3) is 2.66. The summed E-state index contributed by atoms with van der Waals surface area (Å²) >= 11 is 1.53. The topological polar surface area (TPSA) is 47.8 Å².